The van der Waals surface area contributed by atoms with Gasteiger partial charge >= 0.3 is 0 Å². The number of hydrogen-bond acceptors (Lipinski definition) is 2. The number of aliphatic hydroxyl groups is 1. The lowest BCUT2D eigenvalue weighted by atomic mass is 9.94. The van der Waals surface area contributed by atoms with Crippen molar-refractivity contribution in [3.8, 4) is 0 Å². The highest BCUT2D eigenvalue weighted by molar-refractivity contribution is 5.85. The van der Waals surface area contributed by atoms with Crippen molar-refractivity contribution in [3.05, 3.63) is 35.4 Å². The molecule has 0 fully saturated rings. The Bertz CT molecular complexity index is 284. The average Bonchev–Trinajstić information content (AvgIpc) is 2.16. The minimum Gasteiger partial charge on any atom is -0.391 e. The van der Waals surface area contributed by atoms with Gasteiger partial charge in [0.25, 0.3) is 0 Å². The van der Waals surface area contributed by atoms with Gasteiger partial charge < -0.3 is 10.8 Å². The van der Waals surface area contributed by atoms with Crippen LogP contribution >= 0.6 is 12.4 Å². The van der Waals surface area contributed by atoms with E-state index >= 15 is 0 Å². The number of rotatable bonds is 3. The fraction of sp³-hybridized carbons (Fsp3) is 0.500. The molecule has 1 rings (SSSR count). The molecule has 0 aromatic heterocycles. The Morgan fingerprint density at radius 1 is 1.13 bits per heavy atom. The third kappa shape index (κ3) is 3.82. The first kappa shape index (κ1) is 14.4. The lowest BCUT2D eigenvalue weighted by Gasteiger charge is -2.22. The van der Waals surface area contributed by atoms with Crippen molar-refractivity contribution < 1.29 is 5.11 Å². The van der Waals surface area contributed by atoms with E-state index in [0.29, 0.717) is 0 Å². The van der Waals surface area contributed by atoms with Crippen LogP contribution in [0.5, 0.6) is 0 Å². The fourth-order valence-electron chi connectivity index (χ4n) is 1.40. The summed E-state index contributed by atoms with van der Waals surface area (Å²) in [6.45, 7) is 5.98. The Balaban J connectivity index is 0.00000196. The zero-order valence-electron chi connectivity index (χ0n) is 9.47. The molecule has 15 heavy (non-hydrogen) atoms. The van der Waals surface area contributed by atoms with Crippen molar-refractivity contribution in [1.29, 1.82) is 0 Å². The molecule has 3 N–H and O–H groups in total. The molecule has 0 heterocycles. The molecule has 0 amide bonds. The third-order valence-electron chi connectivity index (χ3n) is 2.51. The number of aryl methyl sites for hydroxylation is 1. The van der Waals surface area contributed by atoms with Gasteiger partial charge in [-0.3, -0.25) is 0 Å². The molecule has 2 nitrogen and oxygen atoms in total. The summed E-state index contributed by atoms with van der Waals surface area (Å²) in [5.74, 6) is 0.186. The minimum absolute atomic E-state index is 0. The van der Waals surface area contributed by atoms with Crippen LogP contribution in [0.2, 0.25) is 0 Å². The quantitative estimate of drug-likeness (QED) is 0.837. The van der Waals surface area contributed by atoms with E-state index in [1.54, 1.807) is 0 Å². The van der Waals surface area contributed by atoms with Gasteiger partial charge in [-0.1, -0.05) is 43.7 Å². The molecule has 0 aliphatic carbocycles. The third-order valence-corrected chi connectivity index (χ3v) is 2.51. The number of aliphatic hydroxyl groups excluding tert-OH is 1. The molecule has 0 aliphatic heterocycles. The zero-order valence-corrected chi connectivity index (χ0v) is 10.3. The maximum absolute atomic E-state index is 9.79. The predicted molar refractivity (Wildman–Crippen MR) is 66.2 cm³/mol. The number of benzene rings is 1. The molecule has 1 aromatic carbocycles. The summed E-state index contributed by atoms with van der Waals surface area (Å²) in [6.07, 6.45) is -0.474. The molecule has 0 saturated heterocycles. The van der Waals surface area contributed by atoms with E-state index in [-0.39, 0.29) is 24.4 Å². The molecule has 1 aromatic rings. The van der Waals surface area contributed by atoms with Crippen molar-refractivity contribution in [1.82, 2.24) is 0 Å². The van der Waals surface area contributed by atoms with Crippen molar-refractivity contribution in [2.45, 2.75) is 32.9 Å². The van der Waals surface area contributed by atoms with Crippen molar-refractivity contribution >= 4 is 12.4 Å². The first-order valence-electron chi connectivity index (χ1n) is 5.02. The highest BCUT2D eigenvalue weighted by atomic mass is 35.5. The second-order valence-electron chi connectivity index (χ2n) is 4.17. The maximum Gasteiger partial charge on any atom is 0.0755 e. The lowest BCUT2D eigenvalue weighted by molar-refractivity contribution is 0.0979. The summed E-state index contributed by atoms with van der Waals surface area (Å²) < 4.78 is 0. The average molecular weight is 230 g/mol. The van der Waals surface area contributed by atoms with Gasteiger partial charge in [-0.2, -0.15) is 0 Å². The van der Waals surface area contributed by atoms with Gasteiger partial charge in [-0.25, -0.2) is 0 Å². The van der Waals surface area contributed by atoms with Gasteiger partial charge in [0.1, 0.15) is 0 Å². The van der Waals surface area contributed by atoms with E-state index in [1.807, 2.05) is 45.0 Å². The van der Waals surface area contributed by atoms with Gasteiger partial charge in [-0.05, 0) is 18.4 Å². The first-order valence-corrected chi connectivity index (χ1v) is 5.02. The second-order valence-corrected chi connectivity index (χ2v) is 4.17. The van der Waals surface area contributed by atoms with Crippen molar-refractivity contribution in [3.63, 3.8) is 0 Å². The van der Waals surface area contributed by atoms with Crippen LogP contribution < -0.4 is 5.73 Å². The van der Waals surface area contributed by atoms with E-state index in [4.69, 9.17) is 5.73 Å². The monoisotopic (exact) mass is 229 g/mol. The Morgan fingerprint density at radius 2 is 1.60 bits per heavy atom. The van der Waals surface area contributed by atoms with Crippen molar-refractivity contribution in [2.24, 2.45) is 11.7 Å². The van der Waals surface area contributed by atoms with E-state index in [9.17, 15) is 5.11 Å². The fourth-order valence-corrected chi connectivity index (χ4v) is 1.40. The van der Waals surface area contributed by atoms with E-state index in [2.05, 4.69) is 0 Å². The van der Waals surface area contributed by atoms with E-state index < -0.39 is 6.10 Å². The van der Waals surface area contributed by atoms with Crippen LogP contribution in [0.25, 0.3) is 0 Å². The normalized spacial score (nSPS) is 14.5. The van der Waals surface area contributed by atoms with Crippen molar-refractivity contribution in [2.75, 3.05) is 0 Å². The minimum atomic E-state index is -0.474. The maximum atomic E-state index is 9.79. The summed E-state index contributed by atoms with van der Waals surface area (Å²) in [5, 5.41) is 9.79. The van der Waals surface area contributed by atoms with Crippen LogP contribution in [-0.2, 0) is 0 Å². The van der Waals surface area contributed by atoms with Crippen LogP contribution in [0.3, 0.4) is 0 Å². The molecular weight excluding hydrogens is 210 g/mol. The van der Waals surface area contributed by atoms with Crippen LogP contribution in [0.1, 0.15) is 31.0 Å². The Hall–Kier alpha value is -0.570. The Kier molecular flexibility index (Phi) is 5.88. The van der Waals surface area contributed by atoms with Crippen LogP contribution in [0.15, 0.2) is 24.3 Å². The molecular formula is C12H20ClNO. The van der Waals surface area contributed by atoms with E-state index in [1.165, 1.54) is 5.56 Å². The summed E-state index contributed by atoms with van der Waals surface area (Å²) >= 11 is 0. The Labute approximate surface area is 97.9 Å². The number of hydrogen-bond donors (Lipinski definition) is 2. The summed E-state index contributed by atoms with van der Waals surface area (Å²) in [4.78, 5) is 0. The molecule has 0 spiro atoms. The summed E-state index contributed by atoms with van der Waals surface area (Å²) in [6, 6.07) is 7.71. The topological polar surface area (TPSA) is 46.2 Å². The SMILES string of the molecule is Cc1ccc([C@H](N)[C@H](O)C(C)C)cc1.Cl. The van der Waals surface area contributed by atoms with Crippen LogP contribution in [0, 0.1) is 12.8 Å². The largest absolute Gasteiger partial charge is 0.391 e. The van der Waals surface area contributed by atoms with Gasteiger partial charge in [0, 0.05) is 0 Å². The number of nitrogens with two attached hydrogens (primary N) is 1. The zero-order chi connectivity index (χ0) is 10.7. The first-order chi connectivity index (χ1) is 6.52. The smallest absolute Gasteiger partial charge is 0.0755 e. The Morgan fingerprint density at radius 3 is 2.00 bits per heavy atom. The molecule has 2 atom stereocenters. The van der Waals surface area contributed by atoms with Gasteiger partial charge in [0.15, 0.2) is 0 Å². The summed E-state index contributed by atoms with van der Waals surface area (Å²) in [5.41, 5.74) is 8.14. The molecule has 0 radical (unpaired) electrons. The predicted octanol–water partition coefficient (Wildman–Crippen LogP) is 2.43. The highest BCUT2D eigenvalue weighted by Crippen LogP contribution is 2.19. The van der Waals surface area contributed by atoms with Crippen LogP contribution in [0.4, 0.5) is 0 Å². The van der Waals surface area contributed by atoms with Crippen LogP contribution in [-0.4, -0.2) is 11.2 Å². The molecule has 0 unspecified atom stereocenters. The molecule has 3 heteroatoms. The second kappa shape index (κ2) is 6.11. The van der Waals surface area contributed by atoms with Gasteiger partial charge in [0.05, 0.1) is 12.1 Å². The lowest BCUT2D eigenvalue weighted by Crippen LogP contribution is -2.30. The summed E-state index contributed by atoms with van der Waals surface area (Å²) in [7, 11) is 0. The molecule has 0 saturated carbocycles. The molecule has 86 valence electrons. The molecule has 0 bridgehead atoms. The van der Waals surface area contributed by atoms with Gasteiger partial charge in [0.2, 0.25) is 0 Å². The highest BCUT2D eigenvalue weighted by Gasteiger charge is 2.19. The standard InChI is InChI=1S/C12H19NO.ClH/c1-8(2)12(14)11(13)10-6-4-9(3)5-7-10;/h4-8,11-12,14H,13H2,1-3H3;1H/t11-,12+;/m0./s1. The van der Waals surface area contributed by atoms with Gasteiger partial charge in [-0.15, -0.1) is 12.4 Å². The van der Waals surface area contributed by atoms with E-state index in [0.717, 1.165) is 5.56 Å². The molecule has 0 aliphatic rings. The number of halogens is 1.